The first-order valence-electron chi connectivity index (χ1n) is 4.90. The number of anilines is 1. The first-order chi connectivity index (χ1) is 8.08. The Bertz CT molecular complexity index is 565. The van der Waals surface area contributed by atoms with Crippen LogP contribution in [0.2, 0.25) is 0 Å². The molecule has 1 aromatic carbocycles. The van der Waals surface area contributed by atoms with E-state index in [4.69, 9.17) is 5.11 Å². The highest BCUT2D eigenvalue weighted by Gasteiger charge is 2.12. The third kappa shape index (κ3) is 2.45. The van der Waals surface area contributed by atoms with Crippen molar-refractivity contribution in [3.05, 3.63) is 45.9 Å². The number of phenolic OH excluding ortho intramolecular Hbond substituents is 1. The second-order valence-corrected chi connectivity index (χ2v) is 4.33. The molecule has 0 aliphatic carbocycles. The molecule has 0 fully saturated rings. The SMILES string of the molecule is Cc1cscc1C(=O)Nc1ccc(O)cc1F. The molecule has 88 valence electrons. The number of hydrogen-bond acceptors (Lipinski definition) is 3. The van der Waals surface area contributed by atoms with E-state index in [2.05, 4.69) is 5.32 Å². The Labute approximate surface area is 102 Å². The lowest BCUT2D eigenvalue weighted by Gasteiger charge is -2.06. The number of carbonyl (C=O) groups is 1. The monoisotopic (exact) mass is 251 g/mol. The van der Waals surface area contributed by atoms with Gasteiger partial charge in [-0.25, -0.2) is 4.39 Å². The van der Waals surface area contributed by atoms with E-state index in [1.165, 1.54) is 23.5 Å². The van der Waals surface area contributed by atoms with Gasteiger partial charge in [-0.3, -0.25) is 4.79 Å². The molecule has 0 saturated carbocycles. The topological polar surface area (TPSA) is 49.3 Å². The van der Waals surface area contributed by atoms with Crippen LogP contribution in [0.3, 0.4) is 0 Å². The Morgan fingerprint density at radius 1 is 1.41 bits per heavy atom. The zero-order valence-corrected chi connectivity index (χ0v) is 9.84. The van der Waals surface area contributed by atoms with Crippen molar-refractivity contribution in [2.45, 2.75) is 6.92 Å². The van der Waals surface area contributed by atoms with E-state index in [1.54, 1.807) is 5.38 Å². The van der Waals surface area contributed by atoms with E-state index in [-0.39, 0.29) is 17.3 Å². The third-order valence-electron chi connectivity index (χ3n) is 2.30. The first kappa shape index (κ1) is 11.6. The number of nitrogens with one attached hydrogen (secondary N) is 1. The number of benzene rings is 1. The molecule has 0 spiro atoms. The van der Waals surface area contributed by atoms with Crippen molar-refractivity contribution in [1.82, 2.24) is 0 Å². The van der Waals surface area contributed by atoms with Crippen molar-refractivity contribution in [2.75, 3.05) is 5.32 Å². The highest BCUT2D eigenvalue weighted by Crippen LogP contribution is 2.21. The minimum absolute atomic E-state index is 0.0541. The van der Waals surface area contributed by atoms with Crippen LogP contribution in [0.5, 0.6) is 5.75 Å². The van der Waals surface area contributed by atoms with E-state index < -0.39 is 5.82 Å². The smallest absolute Gasteiger partial charge is 0.256 e. The summed E-state index contributed by atoms with van der Waals surface area (Å²) in [6, 6.07) is 3.60. The molecule has 1 aromatic heterocycles. The van der Waals surface area contributed by atoms with Crippen LogP contribution in [-0.2, 0) is 0 Å². The van der Waals surface area contributed by atoms with Crippen LogP contribution in [0.1, 0.15) is 15.9 Å². The Morgan fingerprint density at radius 2 is 2.18 bits per heavy atom. The van der Waals surface area contributed by atoms with Gasteiger partial charge in [0.15, 0.2) is 0 Å². The summed E-state index contributed by atoms with van der Waals surface area (Å²) in [5, 5.41) is 15.1. The number of carbonyl (C=O) groups excluding carboxylic acids is 1. The summed E-state index contributed by atoms with van der Waals surface area (Å²) in [7, 11) is 0. The minimum atomic E-state index is -0.661. The molecule has 17 heavy (non-hydrogen) atoms. The van der Waals surface area contributed by atoms with E-state index in [1.807, 2.05) is 12.3 Å². The zero-order valence-electron chi connectivity index (χ0n) is 9.03. The summed E-state index contributed by atoms with van der Waals surface area (Å²) < 4.78 is 13.4. The number of rotatable bonds is 2. The molecule has 0 radical (unpaired) electrons. The summed E-state index contributed by atoms with van der Waals surface area (Å²) >= 11 is 1.42. The lowest BCUT2D eigenvalue weighted by molar-refractivity contribution is 0.102. The molecule has 0 saturated heterocycles. The number of aromatic hydroxyl groups is 1. The van der Waals surface area contributed by atoms with Crippen molar-refractivity contribution in [3.8, 4) is 5.75 Å². The van der Waals surface area contributed by atoms with Gasteiger partial charge in [0.05, 0.1) is 11.3 Å². The van der Waals surface area contributed by atoms with E-state index >= 15 is 0 Å². The summed E-state index contributed by atoms with van der Waals surface area (Å²) in [5.41, 5.74) is 1.44. The lowest BCUT2D eigenvalue weighted by atomic mass is 10.2. The van der Waals surface area contributed by atoms with Crippen molar-refractivity contribution < 1.29 is 14.3 Å². The average molecular weight is 251 g/mol. The summed E-state index contributed by atoms with van der Waals surface area (Å²) in [5.74, 6) is -1.19. The van der Waals surface area contributed by atoms with Gasteiger partial charge in [0.2, 0.25) is 0 Å². The highest BCUT2D eigenvalue weighted by atomic mass is 32.1. The molecule has 0 aliphatic heterocycles. The third-order valence-corrected chi connectivity index (χ3v) is 3.16. The number of aryl methyl sites for hydroxylation is 1. The zero-order chi connectivity index (χ0) is 12.4. The number of hydrogen-bond donors (Lipinski definition) is 2. The molecule has 2 rings (SSSR count). The van der Waals surface area contributed by atoms with Crippen molar-refractivity contribution in [3.63, 3.8) is 0 Å². The predicted octanol–water partition coefficient (Wildman–Crippen LogP) is 3.15. The predicted molar refractivity (Wildman–Crippen MR) is 65.1 cm³/mol. The fourth-order valence-corrected chi connectivity index (χ4v) is 2.22. The fraction of sp³-hybridized carbons (Fsp3) is 0.0833. The van der Waals surface area contributed by atoms with Crippen LogP contribution in [0.4, 0.5) is 10.1 Å². The van der Waals surface area contributed by atoms with Crippen LogP contribution in [0, 0.1) is 12.7 Å². The lowest BCUT2D eigenvalue weighted by Crippen LogP contribution is -2.13. The second-order valence-electron chi connectivity index (χ2n) is 3.59. The van der Waals surface area contributed by atoms with Gasteiger partial charge in [0.25, 0.3) is 5.91 Å². The average Bonchev–Trinajstić information content (AvgIpc) is 2.68. The minimum Gasteiger partial charge on any atom is -0.508 e. The normalized spacial score (nSPS) is 10.2. The molecule has 0 atom stereocenters. The number of amides is 1. The Hall–Kier alpha value is -1.88. The van der Waals surface area contributed by atoms with Gasteiger partial charge in [-0.1, -0.05) is 0 Å². The Balaban J connectivity index is 2.22. The van der Waals surface area contributed by atoms with Gasteiger partial charge in [0, 0.05) is 11.4 Å². The van der Waals surface area contributed by atoms with Crippen LogP contribution in [0.25, 0.3) is 0 Å². The molecule has 0 aliphatic rings. The molecule has 0 unspecified atom stereocenters. The van der Waals surface area contributed by atoms with Crippen LogP contribution in [-0.4, -0.2) is 11.0 Å². The maximum absolute atomic E-state index is 13.4. The second kappa shape index (κ2) is 4.55. The Morgan fingerprint density at radius 3 is 2.76 bits per heavy atom. The van der Waals surface area contributed by atoms with Gasteiger partial charge in [-0.15, -0.1) is 0 Å². The van der Waals surface area contributed by atoms with Crippen LogP contribution in [0.15, 0.2) is 29.0 Å². The first-order valence-corrected chi connectivity index (χ1v) is 5.85. The van der Waals surface area contributed by atoms with Gasteiger partial charge < -0.3 is 10.4 Å². The molecule has 1 amide bonds. The molecule has 2 aromatic rings. The number of phenols is 1. The number of halogens is 1. The van der Waals surface area contributed by atoms with Crippen LogP contribution < -0.4 is 5.32 Å². The molecule has 5 heteroatoms. The Kier molecular flexibility index (Phi) is 3.10. The van der Waals surface area contributed by atoms with E-state index in [0.717, 1.165) is 11.6 Å². The maximum Gasteiger partial charge on any atom is 0.256 e. The maximum atomic E-state index is 13.4. The highest BCUT2D eigenvalue weighted by molar-refractivity contribution is 7.08. The standard InChI is InChI=1S/C12H10FNO2S/c1-7-5-17-6-9(7)12(16)14-11-3-2-8(15)4-10(11)13/h2-6,15H,1H3,(H,14,16). The van der Waals surface area contributed by atoms with E-state index in [9.17, 15) is 9.18 Å². The van der Waals surface area contributed by atoms with Gasteiger partial charge in [-0.05, 0) is 30.0 Å². The molecule has 3 nitrogen and oxygen atoms in total. The van der Waals surface area contributed by atoms with Gasteiger partial charge in [0.1, 0.15) is 11.6 Å². The largest absolute Gasteiger partial charge is 0.508 e. The molecular weight excluding hydrogens is 241 g/mol. The molecule has 0 bridgehead atoms. The van der Waals surface area contributed by atoms with Gasteiger partial charge in [-0.2, -0.15) is 11.3 Å². The van der Waals surface area contributed by atoms with Gasteiger partial charge >= 0.3 is 0 Å². The van der Waals surface area contributed by atoms with E-state index in [0.29, 0.717) is 5.56 Å². The number of thiophene rings is 1. The quantitative estimate of drug-likeness (QED) is 0.805. The molecular formula is C12H10FNO2S. The van der Waals surface area contributed by atoms with Crippen molar-refractivity contribution in [2.24, 2.45) is 0 Å². The van der Waals surface area contributed by atoms with Crippen molar-refractivity contribution >= 4 is 22.9 Å². The summed E-state index contributed by atoms with van der Waals surface area (Å²) in [4.78, 5) is 11.8. The van der Waals surface area contributed by atoms with Crippen molar-refractivity contribution in [1.29, 1.82) is 0 Å². The molecule has 1 heterocycles. The summed E-state index contributed by atoms with van der Waals surface area (Å²) in [6.45, 7) is 1.82. The molecule has 2 N–H and O–H groups in total. The fourth-order valence-electron chi connectivity index (χ4n) is 1.39. The van der Waals surface area contributed by atoms with Crippen LogP contribution >= 0.6 is 11.3 Å². The summed E-state index contributed by atoms with van der Waals surface area (Å²) in [6.07, 6.45) is 0.